The van der Waals surface area contributed by atoms with Gasteiger partial charge in [0.15, 0.2) is 16.5 Å². The molecule has 0 aliphatic carbocycles. The first-order valence-corrected chi connectivity index (χ1v) is 7.43. The average molecular weight is 316 g/mol. The lowest BCUT2D eigenvalue weighted by atomic mass is 10.3. The SMILES string of the molecule is Cn1nccc1S(=O)(=O)Nc1cc(Cl)c2c(c1)OCO2. The molecule has 0 saturated carbocycles. The van der Waals surface area contributed by atoms with Gasteiger partial charge >= 0.3 is 0 Å². The van der Waals surface area contributed by atoms with E-state index in [1.165, 1.54) is 29.1 Å². The monoisotopic (exact) mass is 315 g/mol. The summed E-state index contributed by atoms with van der Waals surface area (Å²) in [6.07, 6.45) is 1.40. The number of nitrogens with zero attached hydrogens (tertiary/aromatic N) is 2. The van der Waals surface area contributed by atoms with Crippen LogP contribution in [0.2, 0.25) is 5.02 Å². The molecule has 106 valence electrons. The molecule has 7 nitrogen and oxygen atoms in total. The number of aryl methyl sites for hydroxylation is 1. The quantitative estimate of drug-likeness (QED) is 0.930. The van der Waals surface area contributed by atoms with Crippen molar-refractivity contribution in [3.05, 3.63) is 29.4 Å². The number of nitrogens with one attached hydrogen (secondary N) is 1. The van der Waals surface area contributed by atoms with Crippen LogP contribution in [0.5, 0.6) is 11.5 Å². The minimum Gasteiger partial charge on any atom is -0.453 e. The number of aromatic nitrogens is 2. The van der Waals surface area contributed by atoms with Crippen molar-refractivity contribution in [1.82, 2.24) is 9.78 Å². The predicted molar refractivity (Wildman–Crippen MR) is 71.6 cm³/mol. The Bertz CT molecular complexity index is 772. The number of sulfonamides is 1. The largest absolute Gasteiger partial charge is 0.453 e. The third-order valence-corrected chi connectivity index (χ3v) is 4.47. The van der Waals surface area contributed by atoms with E-state index in [4.69, 9.17) is 21.1 Å². The van der Waals surface area contributed by atoms with Crippen LogP contribution in [-0.4, -0.2) is 25.0 Å². The van der Waals surface area contributed by atoms with E-state index in [0.717, 1.165) is 0 Å². The van der Waals surface area contributed by atoms with Gasteiger partial charge in [-0.25, -0.2) is 0 Å². The zero-order chi connectivity index (χ0) is 14.3. The van der Waals surface area contributed by atoms with E-state index in [0.29, 0.717) is 17.2 Å². The van der Waals surface area contributed by atoms with Crippen molar-refractivity contribution in [2.45, 2.75) is 5.03 Å². The summed E-state index contributed by atoms with van der Waals surface area (Å²) in [7, 11) is -2.20. The molecule has 1 aromatic carbocycles. The van der Waals surface area contributed by atoms with Crippen molar-refractivity contribution < 1.29 is 17.9 Å². The fraction of sp³-hybridized carbons (Fsp3) is 0.182. The molecule has 9 heteroatoms. The molecule has 0 saturated heterocycles. The first-order chi connectivity index (χ1) is 9.47. The Hall–Kier alpha value is -1.93. The van der Waals surface area contributed by atoms with E-state index >= 15 is 0 Å². The molecule has 1 aliphatic rings. The van der Waals surface area contributed by atoms with Crippen LogP contribution in [0.4, 0.5) is 5.69 Å². The molecule has 0 atom stereocenters. The van der Waals surface area contributed by atoms with Crippen molar-refractivity contribution in [2.24, 2.45) is 7.05 Å². The summed E-state index contributed by atoms with van der Waals surface area (Å²) in [4.78, 5) is 0. The Morgan fingerprint density at radius 1 is 1.40 bits per heavy atom. The molecule has 0 unspecified atom stereocenters. The van der Waals surface area contributed by atoms with Gasteiger partial charge in [0.1, 0.15) is 0 Å². The van der Waals surface area contributed by atoms with E-state index in [1.807, 2.05) is 0 Å². The molecule has 0 bridgehead atoms. The van der Waals surface area contributed by atoms with Gasteiger partial charge < -0.3 is 9.47 Å². The van der Waals surface area contributed by atoms with Crippen LogP contribution in [0.25, 0.3) is 0 Å². The molecular weight excluding hydrogens is 306 g/mol. The van der Waals surface area contributed by atoms with Gasteiger partial charge in [-0.05, 0) is 12.1 Å². The Morgan fingerprint density at radius 2 is 2.20 bits per heavy atom. The minimum atomic E-state index is -3.74. The molecular formula is C11H10ClN3O4S. The van der Waals surface area contributed by atoms with Gasteiger partial charge in [-0.15, -0.1) is 0 Å². The maximum Gasteiger partial charge on any atom is 0.279 e. The van der Waals surface area contributed by atoms with Gasteiger partial charge in [-0.1, -0.05) is 11.6 Å². The van der Waals surface area contributed by atoms with Gasteiger partial charge in [0.2, 0.25) is 6.79 Å². The summed E-state index contributed by atoms with van der Waals surface area (Å²) in [5.74, 6) is 0.815. The fourth-order valence-corrected chi connectivity index (χ4v) is 3.29. The highest BCUT2D eigenvalue weighted by atomic mass is 35.5. The fourth-order valence-electron chi connectivity index (χ4n) is 1.86. The highest BCUT2D eigenvalue weighted by molar-refractivity contribution is 7.92. The Kier molecular flexibility index (Phi) is 2.98. The molecule has 3 rings (SSSR count). The lowest BCUT2D eigenvalue weighted by molar-refractivity contribution is 0.174. The maximum absolute atomic E-state index is 12.2. The number of anilines is 1. The molecule has 1 aromatic heterocycles. The highest BCUT2D eigenvalue weighted by Crippen LogP contribution is 2.41. The van der Waals surface area contributed by atoms with Gasteiger partial charge in [0.05, 0.1) is 16.9 Å². The number of ether oxygens (including phenoxy) is 2. The molecule has 20 heavy (non-hydrogen) atoms. The maximum atomic E-state index is 12.2. The molecule has 1 N–H and O–H groups in total. The summed E-state index contributed by atoms with van der Waals surface area (Å²) < 4.78 is 38.5. The topological polar surface area (TPSA) is 82.5 Å². The van der Waals surface area contributed by atoms with E-state index in [2.05, 4.69) is 9.82 Å². The minimum absolute atomic E-state index is 0.0475. The van der Waals surface area contributed by atoms with E-state index in [1.54, 1.807) is 7.05 Å². The highest BCUT2D eigenvalue weighted by Gasteiger charge is 2.22. The number of rotatable bonds is 3. The van der Waals surface area contributed by atoms with Gasteiger partial charge in [-0.2, -0.15) is 13.5 Å². The van der Waals surface area contributed by atoms with Gasteiger partial charge in [0, 0.05) is 13.1 Å². The first-order valence-electron chi connectivity index (χ1n) is 5.57. The predicted octanol–water partition coefficient (Wildman–Crippen LogP) is 1.60. The smallest absolute Gasteiger partial charge is 0.279 e. The number of fused-ring (bicyclic) bond motifs is 1. The second-order valence-corrected chi connectivity index (χ2v) is 6.13. The van der Waals surface area contributed by atoms with Crippen LogP contribution in [0.1, 0.15) is 0 Å². The first kappa shape index (κ1) is 13.1. The summed E-state index contributed by atoms with van der Waals surface area (Å²) >= 11 is 6.00. The molecule has 0 amide bonds. The van der Waals surface area contributed by atoms with Crippen molar-refractivity contribution >= 4 is 27.3 Å². The standard InChI is InChI=1S/C11H10ClN3O4S/c1-15-10(2-3-13-15)20(16,17)14-7-4-8(12)11-9(5-7)18-6-19-11/h2-5,14H,6H2,1H3. The molecule has 0 spiro atoms. The van der Waals surface area contributed by atoms with Crippen molar-refractivity contribution in [3.63, 3.8) is 0 Å². The van der Waals surface area contributed by atoms with Crippen molar-refractivity contribution in [1.29, 1.82) is 0 Å². The van der Waals surface area contributed by atoms with Crippen molar-refractivity contribution in [2.75, 3.05) is 11.5 Å². The lowest BCUT2D eigenvalue weighted by Gasteiger charge is -2.09. The summed E-state index contributed by atoms with van der Waals surface area (Å²) in [6, 6.07) is 4.38. The number of hydrogen-bond donors (Lipinski definition) is 1. The molecule has 0 fully saturated rings. The second-order valence-electron chi connectivity index (χ2n) is 4.09. The zero-order valence-electron chi connectivity index (χ0n) is 10.3. The Labute approximate surface area is 120 Å². The van der Waals surface area contributed by atoms with E-state index in [9.17, 15) is 8.42 Å². The summed E-state index contributed by atoms with van der Waals surface area (Å²) in [6.45, 7) is 0.0625. The van der Waals surface area contributed by atoms with Gasteiger partial charge in [-0.3, -0.25) is 9.40 Å². The average Bonchev–Trinajstić information content (AvgIpc) is 2.97. The Morgan fingerprint density at radius 3 is 2.90 bits per heavy atom. The summed E-state index contributed by atoms with van der Waals surface area (Å²) in [5.41, 5.74) is 0.292. The molecule has 2 heterocycles. The van der Waals surface area contributed by atoms with Crippen LogP contribution in [-0.2, 0) is 17.1 Å². The van der Waals surface area contributed by atoms with Crippen LogP contribution < -0.4 is 14.2 Å². The van der Waals surface area contributed by atoms with E-state index < -0.39 is 10.0 Å². The molecule has 0 radical (unpaired) electrons. The second kappa shape index (κ2) is 4.57. The van der Waals surface area contributed by atoms with Crippen LogP contribution >= 0.6 is 11.6 Å². The number of halogens is 1. The zero-order valence-corrected chi connectivity index (χ0v) is 11.9. The third-order valence-electron chi connectivity index (χ3n) is 2.73. The number of hydrogen-bond acceptors (Lipinski definition) is 5. The molecule has 2 aromatic rings. The van der Waals surface area contributed by atoms with E-state index in [-0.39, 0.29) is 16.8 Å². The van der Waals surface area contributed by atoms with Crippen LogP contribution in [0, 0.1) is 0 Å². The third kappa shape index (κ3) is 2.16. The van der Waals surface area contributed by atoms with Crippen LogP contribution in [0.3, 0.4) is 0 Å². The van der Waals surface area contributed by atoms with Gasteiger partial charge in [0.25, 0.3) is 10.0 Å². The van der Waals surface area contributed by atoms with Crippen LogP contribution in [0.15, 0.2) is 29.4 Å². The number of benzene rings is 1. The Balaban J connectivity index is 1.96. The molecule has 1 aliphatic heterocycles. The van der Waals surface area contributed by atoms with Crippen molar-refractivity contribution in [3.8, 4) is 11.5 Å². The lowest BCUT2D eigenvalue weighted by Crippen LogP contribution is -2.16. The normalized spacial score (nSPS) is 13.5. The summed E-state index contributed by atoms with van der Waals surface area (Å²) in [5, 5.41) is 4.15.